The number of piperidine rings is 1. The Morgan fingerprint density at radius 2 is 1.95 bits per heavy atom. The van der Waals surface area contributed by atoms with Gasteiger partial charge in [0.15, 0.2) is 10.6 Å². The lowest BCUT2D eigenvalue weighted by Gasteiger charge is -2.40. The predicted octanol–water partition coefficient (Wildman–Crippen LogP) is 3.35. The summed E-state index contributed by atoms with van der Waals surface area (Å²) in [7, 11) is -4.23. The van der Waals surface area contributed by atoms with Crippen LogP contribution in [0.2, 0.25) is 5.02 Å². The van der Waals surface area contributed by atoms with Crippen LogP contribution in [0.15, 0.2) is 41.4 Å². The zero-order chi connectivity index (χ0) is 26.4. The number of carbonyl (C=O) groups excluding carboxylic acids is 1. The average Bonchev–Trinajstić information content (AvgIpc) is 3.49. The second-order valence-electron chi connectivity index (χ2n) is 11.1. The minimum Gasteiger partial charge on any atom is -0.475 e. The van der Waals surface area contributed by atoms with Gasteiger partial charge in [0.25, 0.3) is 15.9 Å². The quantitative estimate of drug-likeness (QED) is 0.542. The molecule has 2 aromatic rings. The van der Waals surface area contributed by atoms with Gasteiger partial charge in [0.05, 0.1) is 11.8 Å². The van der Waals surface area contributed by atoms with Crippen molar-refractivity contribution < 1.29 is 23.1 Å². The van der Waals surface area contributed by atoms with Crippen molar-refractivity contribution >= 4 is 39.0 Å². The summed E-state index contributed by atoms with van der Waals surface area (Å²) < 4.78 is 34.6. The number of aliphatic hydroxyl groups is 1. The summed E-state index contributed by atoms with van der Waals surface area (Å²) in [6, 6.07) is 10.00. The molecule has 3 aliphatic rings. The number of ether oxygens (including phenoxy) is 1. The van der Waals surface area contributed by atoms with Gasteiger partial charge in [0, 0.05) is 50.1 Å². The first kappa shape index (κ1) is 26.1. The summed E-state index contributed by atoms with van der Waals surface area (Å²) in [6.45, 7) is 7.13. The Morgan fingerprint density at radius 3 is 2.62 bits per heavy atom. The maximum atomic E-state index is 13.2. The highest BCUT2D eigenvalue weighted by Crippen LogP contribution is 2.45. The van der Waals surface area contributed by atoms with Gasteiger partial charge in [0.1, 0.15) is 11.6 Å². The molecule has 1 aliphatic carbocycles. The number of carbonyl (C=O) groups is 1. The van der Waals surface area contributed by atoms with Gasteiger partial charge >= 0.3 is 0 Å². The summed E-state index contributed by atoms with van der Waals surface area (Å²) in [5.74, 6) is 0.196. The van der Waals surface area contributed by atoms with Gasteiger partial charge in [-0.1, -0.05) is 31.5 Å². The van der Waals surface area contributed by atoms with E-state index < -0.39 is 27.6 Å². The molecule has 3 heterocycles. The van der Waals surface area contributed by atoms with Gasteiger partial charge in [-0.25, -0.2) is 9.71 Å². The van der Waals surface area contributed by atoms with Crippen LogP contribution in [0.4, 0.5) is 11.5 Å². The van der Waals surface area contributed by atoms with Gasteiger partial charge in [0.2, 0.25) is 0 Å². The number of halogens is 1. The number of benzene rings is 1. The van der Waals surface area contributed by atoms with E-state index in [-0.39, 0.29) is 10.4 Å². The number of β-amino-alcohol motifs (C(OH)–C–C–N with tert-alkyl or cyclic N) is 1. The molecule has 3 fully saturated rings. The largest absolute Gasteiger partial charge is 0.475 e. The van der Waals surface area contributed by atoms with E-state index in [2.05, 4.69) is 28.5 Å². The highest BCUT2D eigenvalue weighted by atomic mass is 35.5. The van der Waals surface area contributed by atoms with E-state index in [9.17, 15) is 18.3 Å². The van der Waals surface area contributed by atoms with E-state index >= 15 is 0 Å². The monoisotopic (exact) mass is 548 g/mol. The van der Waals surface area contributed by atoms with Gasteiger partial charge in [-0.05, 0) is 48.9 Å². The Bertz CT molecular complexity index is 1300. The molecule has 9 nitrogen and oxygen atoms in total. The van der Waals surface area contributed by atoms with Crippen LogP contribution in [0.1, 0.15) is 46.0 Å². The Labute approximate surface area is 222 Å². The first-order valence-corrected chi connectivity index (χ1v) is 14.5. The lowest BCUT2D eigenvalue weighted by atomic mass is 9.84. The molecule has 5 rings (SSSR count). The second-order valence-corrected chi connectivity index (χ2v) is 13.1. The molecule has 0 bridgehead atoms. The second kappa shape index (κ2) is 9.63. The van der Waals surface area contributed by atoms with Crippen molar-refractivity contribution in [3.05, 3.63) is 41.4 Å². The van der Waals surface area contributed by atoms with Crippen LogP contribution in [-0.4, -0.2) is 62.3 Å². The van der Waals surface area contributed by atoms with Crippen LogP contribution < -0.4 is 19.3 Å². The van der Waals surface area contributed by atoms with E-state index in [0.717, 1.165) is 31.6 Å². The van der Waals surface area contributed by atoms with E-state index in [4.69, 9.17) is 16.3 Å². The fraction of sp³-hybridized carbons (Fsp3) is 0.538. The normalized spacial score (nSPS) is 22.5. The van der Waals surface area contributed by atoms with Crippen LogP contribution in [0.25, 0.3) is 0 Å². The van der Waals surface area contributed by atoms with Crippen LogP contribution >= 0.6 is 11.6 Å². The van der Waals surface area contributed by atoms with Gasteiger partial charge in [-0.3, -0.25) is 4.79 Å². The highest BCUT2D eigenvalue weighted by Gasteiger charge is 2.54. The summed E-state index contributed by atoms with van der Waals surface area (Å²) in [6.07, 6.45) is 3.08. The average molecular weight is 549 g/mol. The van der Waals surface area contributed by atoms with E-state index in [0.29, 0.717) is 48.9 Å². The number of nitrogens with one attached hydrogen (secondary N) is 1. The number of anilines is 2. The van der Waals surface area contributed by atoms with Crippen molar-refractivity contribution in [2.75, 3.05) is 36.0 Å². The SMILES string of the molecule is CC1(C)CCCN(c2ccc(Cl)cc2OC2(C(=O)NS(=O)(=O)c3cccc(N4CC[C@H](O)C4)n3)CC2)C1. The summed E-state index contributed by atoms with van der Waals surface area (Å²) in [5.41, 5.74) is -0.289. The lowest BCUT2D eigenvalue weighted by molar-refractivity contribution is -0.127. The highest BCUT2D eigenvalue weighted by molar-refractivity contribution is 7.90. The lowest BCUT2D eigenvalue weighted by Crippen LogP contribution is -2.44. The maximum Gasteiger partial charge on any atom is 0.281 e. The fourth-order valence-corrected chi connectivity index (χ4v) is 6.27. The number of rotatable bonds is 7. The van der Waals surface area contributed by atoms with E-state index in [1.165, 1.54) is 6.07 Å². The van der Waals surface area contributed by atoms with Gasteiger partial charge in [-0.2, -0.15) is 8.42 Å². The molecule has 1 aromatic carbocycles. The van der Waals surface area contributed by atoms with Crippen molar-refractivity contribution in [2.24, 2.45) is 5.41 Å². The topological polar surface area (TPSA) is 112 Å². The van der Waals surface area contributed by atoms with Crippen molar-refractivity contribution in [1.82, 2.24) is 9.71 Å². The number of aliphatic hydroxyl groups excluding tert-OH is 1. The first-order chi connectivity index (χ1) is 17.5. The third-order valence-electron chi connectivity index (χ3n) is 7.28. The Hall–Kier alpha value is -2.56. The molecule has 1 saturated carbocycles. The Balaban J connectivity index is 1.34. The number of aromatic nitrogens is 1. The molecule has 0 radical (unpaired) electrons. The number of sulfonamides is 1. The predicted molar refractivity (Wildman–Crippen MR) is 142 cm³/mol. The Morgan fingerprint density at radius 1 is 1.16 bits per heavy atom. The summed E-state index contributed by atoms with van der Waals surface area (Å²) in [5, 5.41) is 10.0. The van der Waals surface area contributed by atoms with E-state index in [1.54, 1.807) is 24.3 Å². The molecule has 2 aliphatic heterocycles. The molecule has 200 valence electrons. The van der Waals surface area contributed by atoms with Crippen molar-refractivity contribution in [1.29, 1.82) is 0 Å². The molecule has 2 saturated heterocycles. The molecule has 2 N–H and O–H groups in total. The van der Waals surface area contributed by atoms with Crippen molar-refractivity contribution in [3.63, 3.8) is 0 Å². The molecule has 0 unspecified atom stereocenters. The Kier molecular flexibility index (Phi) is 6.79. The number of amides is 1. The van der Waals surface area contributed by atoms with Crippen molar-refractivity contribution in [2.45, 2.75) is 62.7 Å². The molecule has 1 amide bonds. The number of pyridine rings is 1. The van der Waals surface area contributed by atoms with Crippen LogP contribution in [0.5, 0.6) is 5.75 Å². The minimum absolute atomic E-state index is 0.145. The van der Waals surface area contributed by atoms with Crippen LogP contribution in [0, 0.1) is 5.41 Å². The van der Waals surface area contributed by atoms with E-state index in [1.807, 2.05) is 11.0 Å². The number of hydrogen-bond acceptors (Lipinski definition) is 8. The third-order valence-corrected chi connectivity index (χ3v) is 8.75. The van der Waals surface area contributed by atoms with Gasteiger partial charge in [-0.15, -0.1) is 0 Å². The molecular formula is C26H33ClN4O5S. The number of nitrogens with zero attached hydrogens (tertiary/aromatic N) is 3. The summed E-state index contributed by atoms with van der Waals surface area (Å²) >= 11 is 6.28. The van der Waals surface area contributed by atoms with Crippen molar-refractivity contribution in [3.8, 4) is 5.75 Å². The number of hydrogen-bond donors (Lipinski definition) is 2. The standard InChI is InChI=1S/C26H33ClN4O5S/c1-25(2)10-4-13-31(17-25)20-8-7-18(27)15-21(20)36-26(11-12-26)24(33)29-37(34,35)23-6-3-5-22(28-23)30-14-9-19(32)16-30/h3,5-8,15,19,32H,4,9-14,16-17H2,1-2H3,(H,29,33)/t19-/m0/s1. The smallest absolute Gasteiger partial charge is 0.281 e. The third kappa shape index (κ3) is 5.66. The molecule has 37 heavy (non-hydrogen) atoms. The molecule has 0 spiro atoms. The molecular weight excluding hydrogens is 516 g/mol. The van der Waals surface area contributed by atoms with Crippen LogP contribution in [-0.2, 0) is 14.8 Å². The van der Waals surface area contributed by atoms with Crippen LogP contribution in [0.3, 0.4) is 0 Å². The first-order valence-electron chi connectivity index (χ1n) is 12.7. The maximum absolute atomic E-state index is 13.2. The molecule has 1 aromatic heterocycles. The fourth-order valence-electron chi connectivity index (χ4n) is 5.11. The van der Waals surface area contributed by atoms with Gasteiger partial charge < -0.3 is 19.6 Å². The minimum atomic E-state index is -4.23. The zero-order valence-electron chi connectivity index (χ0n) is 21.1. The zero-order valence-corrected chi connectivity index (χ0v) is 22.7. The summed E-state index contributed by atoms with van der Waals surface area (Å²) in [4.78, 5) is 21.6. The molecule has 11 heteroatoms. The molecule has 1 atom stereocenters.